The van der Waals surface area contributed by atoms with Crippen LogP contribution in [0.4, 0.5) is 0 Å². The van der Waals surface area contributed by atoms with Crippen LogP contribution in [0.5, 0.6) is 0 Å². The number of nitrogens with one attached hydrogen (secondary N) is 2. The molecule has 0 radical (unpaired) electrons. The minimum Gasteiger partial charge on any atom is -0.374 e. The minimum absolute atomic E-state index is 0.162. The van der Waals surface area contributed by atoms with Crippen molar-refractivity contribution in [3.63, 3.8) is 0 Å². The third-order valence-corrected chi connectivity index (χ3v) is 3.70. The van der Waals surface area contributed by atoms with Crippen molar-refractivity contribution in [3.05, 3.63) is 57.8 Å². The highest BCUT2D eigenvalue weighted by molar-refractivity contribution is 7.12. The SMILES string of the molecule is CC(C)OCc1ccc(C(=O)NNC(=O)c2cccs2)cc1. The van der Waals surface area contributed by atoms with Crippen LogP contribution < -0.4 is 10.9 Å². The van der Waals surface area contributed by atoms with Gasteiger partial charge in [0.2, 0.25) is 0 Å². The molecule has 0 fully saturated rings. The van der Waals surface area contributed by atoms with Gasteiger partial charge in [-0.05, 0) is 43.0 Å². The summed E-state index contributed by atoms with van der Waals surface area (Å²) in [7, 11) is 0. The molecular weight excluding hydrogens is 300 g/mol. The molecule has 0 unspecified atom stereocenters. The van der Waals surface area contributed by atoms with Gasteiger partial charge in [0.05, 0.1) is 17.6 Å². The molecule has 0 atom stereocenters. The maximum Gasteiger partial charge on any atom is 0.279 e. The molecule has 2 rings (SSSR count). The van der Waals surface area contributed by atoms with E-state index in [1.165, 1.54) is 11.3 Å². The van der Waals surface area contributed by atoms with E-state index in [9.17, 15) is 9.59 Å². The van der Waals surface area contributed by atoms with Crippen molar-refractivity contribution in [3.8, 4) is 0 Å². The molecular formula is C16H18N2O3S. The van der Waals surface area contributed by atoms with Gasteiger partial charge in [-0.2, -0.15) is 0 Å². The third-order valence-electron chi connectivity index (χ3n) is 2.83. The Morgan fingerprint density at radius 2 is 1.77 bits per heavy atom. The Bertz CT molecular complexity index is 621. The zero-order valence-electron chi connectivity index (χ0n) is 12.5. The van der Waals surface area contributed by atoms with Crippen molar-refractivity contribution < 1.29 is 14.3 Å². The molecule has 5 nitrogen and oxygen atoms in total. The van der Waals surface area contributed by atoms with Gasteiger partial charge < -0.3 is 4.74 Å². The van der Waals surface area contributed by atoms with Gasteiger partial charge in [0.25, 0.3) is 11.8 Å². The number of ether oxygens (including phenoxy) is 1. The molecule has 22 heavy (non-hydrogen) atoms. The molecule has 116 valence electrons. The minimum atomic E-state index is -0.360. The monoisotopic (exact) mass is 318 g/mol. The van der Waals surface area contributed by atoms with Gasteiger partial charge in [-0.15, -0.1) is 11.3 Å². The summed E-state index contributed by atoms with van der Waals surface area (Å²) < 4.78 is 5.49. The first-order valence-electron chi connectivity index (χ1n) is 6.91. The predicted molar refractivity (Wildman–Crippen MR) is 85.6 cm³/mol. The maximum absolute atomic E-state index is 11.9. The Morgan fingerprint density at radius 3 is 2.36 bits per heavy atom. The fourth-order valence-electron chi connectivity index (χ4n) is 1.67. The molecule has 0 aliphatic heterocycles. The second kappa shape index (κ2) is 7.72. The number of benzene rings is 1. The normalized spacial score (nSPS) is 10.5. The van der Waals surface area contributed by atoms with E-state index in [2.05, 4.69) is 10.9 Å². The number of hydrogen-bond acceptors (Lipinski definition) is 4. The summed E-state index contributed by atoms with van der Waals surface area (Å²) in [5, 5.41) is 1.80. The summed E-state index contributed by atoms with van der Waals surface area (Å²) in [5.41, 5.74) is 6.24. The Hall–Kier alpha value is -2.18. The smallest absolute Gasteiger partial charge is 0.279 e. The zero-order chi connectivity index (χ0) is 15.9. The molecule has 6 heteroatoms. The van der Waals surface area contributed by atoms with E-state index in [1.807, 2.05) is 26.0 Å². The second-order valence-electron chi connectivity index (χ2n) is 4.94. The number of amides is 2. The predicted octanol–water partition coefficient (Wildman–Crippen LogP) is 2.75. The number of carbonyl (C=O) groups excluding carboxylic acids is 2. The molecule has 0 aliphatic rings. The topological polar surface area (TPSA) is 67.4 Å². The Morgan fingerprint density at radius 1 is 1.09 bits per heavy atom. The lowest BCUT2D eigenvalue weighted by atomic mass is 10.1. The lowest BCUT2D eigenvalue weighted by Gasteiger charge is -2.09. The van der Waals surface area contributed by atoms with E-state index in [4.69, 9.17) is 4.74 Å². The van der Waals surface area contributed by atoms with Crippen molar-refractivity contribution >= 4 is 23.2 Å². The van der Waals surface area contributed by atoms with Crippen LogP contribution in [0.2, 0.25) is 0 Å². The second-order valence-corrected chi connectivity index (χ2v) is 5.89. The number of hydrazine groups is 1. The fourth-order valence-corrected chi connectivity index (χ4v) is 2.29. The van der Waals surface area contributed by atoms with Gasteiger partial charge in [-0.1, -0.05) is 18.2 Å². The standard InChI is InChI=1S/C16H18N2O3S/c1-11(2)21-10-12-5-7-13(8-6-12)15(19)17-18-16(20)14-4-3-9-22-14/h3-9,11H,10H2,1-2H3,(H,17,19)(H,18,20). The van der Waals surface area contributed by atoms with Crippen LogP contribution >= 0.6 is 11.3 Å². The average molecular weight is 318 g/mol. The molecule has 0 aliphatic carbocycles. The summed E-state index contributed by atoms with van der Waals surface area (Å²) >= 11 is 1.31. The highest BCUT2D eigenvalue weighted by atomic mass is 32.1. The van der Waals surface area contributed by atoms with Crippen LogP contribution in [0, 0.1) is 0 Å². The quantitative estimate of drug-likeness (QED) is 0.833. The Labute approximate surface area is 133 Å². The number of hydrogen-bond donors (Lipinski definition) is 2. The van der Waals surface area contributed by atoms with E-state index in [0.29, 0.717) is 17.0 Å². The van der Waals surface area contributed by atoms with E-state index in [1.54, 1.807) is 29.6 Å². The van der Waals surface area contributed by atoms with E-state index >= 15 is 0 Å². The summed E-state index contributed by atoms with van der Waals surface area (Å²) in [6, 6.07) is 10.5. The van der Waals surface area contributed by atoms with Gasteiger partial charge in [-0.25, -0.2) is 0 Å². The molecule has 1 aromatic carbocycles. The highest BCUT2D eigenvalue weighted by Gasteiger charge is 2.09. The van der Waals surface area contributed by atoms with Gasteiger partial charge in [-0.3, -0.25) is 20.4 Å². The van der Waals surface area contributed by atoms with Crippen LogP contribution in [-0.4, -0.2) is 17.9 Å². The number of carbonyl (C=O) groups is 2. The van der Waals surface area contributed by atoms with Crippen molar-refractivity contribution in [1.82, 2.24) is 10.9 Å². The van der Waals surface area contributed by atoms with Gasteiger partial charge in [0.1, 0.15) is 0 Å². The molecule has 0 spiro atoms. The lowest BCUT2D eigenvalue weighted by molar-refractivity contribution is 0.0656. The maximum atomic E-state index is 11.9. The van der Waals surface area contributed by atoms with Crippen LogP contribution in [-0.2, 0) is 11.3 Å². The molecule has 2 N–H and O–H groups in total. The van der Waals surface area contributed by atoms with Crippen LogP contribution in [0.25, 0.3) is 0 Å². The molecule has 2 amide bonds. The number of thiophene rings is 1. The first-order chi connectivity index (χ1) is 10.6. The lowest BCUT2D eigenvalue weighted by Crippen LogP contribution is -2.41. The fraction of sp³-hybridized carbons (Fsp3) is 0.250. The molecule has 0 bridgehead atoms. The summed E-state index contributed by atoms with van der Waals surface area (Å²) in [6.07, 6.45) is 0.162. The summed E-state index contributed by atoms with van der Waals surface area (Å²) in [5.74, 6) is -0.688. The van der Waals surface area contributed by atoms with Gasteiger partial charge >= 0.3 is 0 Å². The Balaban J connectivity index is 1.86. The molecule has 2 aromatic rings. The molecule has 0 saturated carbocycles. The van der Waals surface area contributed by atoms with Crippen molar-refractivity contribution in [2.45, 2.75) is 26.6 Å². The zero-order valence-corrected chi connectivity index (χ0v) is 13.3. The Kier molecular flexibility index (Phi) is 5.68. The summed E-state index contributed by atoms with van der Waals surface area (Å²) in [4.78, 5) is 24.2. The van der Waals surface area contributed by atoms with E-state index in [0.717, 1.165) is 5.56 Å². The van der Waals surface area contributed by atoms with E-state index in [-0.39, 0.29) is 17.9 Å². The molecule has 1 aromatic heterocycles. The van der Waals surface area contributed by atoms with Crippen molar-refractivity contribution in [2.75, 3.05) is 0 Å². The first kappa shape index (κ1) is 16.2. The van der Waals surface area contributed by atoms with Crippen LogP contribution in [0.3, 0.4) is 0 Å². The molecule has 0 saturated heterocycles. The van der Waals surface area contributed by atoms with Gasteiger partial charge in [0, 0.05) is 5.56 Å². The van der Waals surface area contributed by atoms with Gasteiger partial charge in [0.15, 0.2) is 0 Å². The van der Waals surface area contributed by atoms with Crippen LogP contribution in [0.15, 0.2) is 41.8 Å². The van der Waals surface area contributed by atoms with E-state index < -0.39 is 0 Å². The number of rotatable bonds is 5. The van der Waals surface area contributed by atoms with Crippen molar-refractivity contribution in [1.29, 1.82) is 0 Å². The first-order valence-corrected chi connectivity index (χ1v) is 7.79. The average Bonchev–Trinajstić information content (AvgIpc) is 3.05. The third kappa shape index (κ3) is 4.68. The van der Waals surface area contributed by atoms with Crippen molar-refractivity contribution in [2.24, 2.45) is 0 Å². The summed E-state index contributed by atoms with van der Waals surface area (Å²) in [6.45, 7) is 4.45. The largest absolute Gasteiger partial charge is 0.374 e. The van der Waals surface area contributed by atoms with Crippen LogP contribution in [0.1, 0.15) is 39.4 Å². The molecule has 1 heterocycles. The highest BCUT2D eigenvalue weighted by Crippen LogP contribution is 2.08.